The highest BCUT2D eigenvalue weighted by molar-refractivity contribution is 5.76. The highest BCUT2D eigenvalue weighted by Crippen LogP contribution is 2.27. The molecule has 0 radical (unpaired) electrons. The van der Waals surface area contributed by atoms with E-state index in [0.29, 0.717) is 18.9 Å². The Morgan fingerprint density at radius 1 is 1.22 bits per heavy atom. The van der Waals surface area contributed by atoms with Crippen molar-refractivity contribution in [2.45, 2.75) is 32.1 Å². The van der Waals surface area contributed by atoms with Crippen LogP contribution in [0.5, 0.6) is 0 Å². The molecule has 1 N–H and O–H groups in total. The minimum Gasteiger partial charge on any atom is -0.345 e. The van der Waals surface area contributed by atoms with Crippen LogP contribution in [0.15, 0.2) is 30.3 Å². The fraction of sp³-hybridized carbons (Fsp3) is 0.438. The number of carbonyl (C=O) groups excluding carboxylic acids is 1. The molecule has 0 bridgehead atoms. The Morgan fingerprint density at radius 2 is 1.94 bits per heavy atom. The molecule has 2 heteroatoms. The van der Waals surface area contributed by atoms with Crippen LogP contribution in [-0.4, -0.2) is 12.5 Å². The zero-order valence-corrected chi connectivity index (χ0v) is 10.6. The van der Waals surface area contributed by atoms with Crippen molar-refractivity contribution in [2.24, 2.45) is 5.92 Å². The number of amides is 1. The predicted molar refractivity (Wildman–Crippen MR) is 72.9 cm³/mol. The molecule has 1 saturated carbocycles. The molecule has 18 heavy (non-hydrogen) atoms. The molecule has 1 aromatic carbocycles. The van der Waals surface area contributed by atoms with E-state index in [0.717, 1.165) is 5.56 Å². The first-order chi connectivity index (χ1) is 8.84. The summed E-state index contributed by atoms with van der Waals surface area (Å²) >= 11 is 0. The van der Waals surface area contributed by atoms with Crippen LogP contribution < -0.4 is 5.32 Å². The summed E-state index contributed by atoms with van der Waals surface area (Å²) in [4.78, 5) is 11.6. The van der Waals surface area contributed by atoms with Crippen molar-refractivity contribution < 1.29 is 4.79 Å². The van der Waals surface area contributed by atoms with Crippen LogP contribution in [0.3, 0.4) is 0 Å². The molecular weight excluding hydrogens is 222 g/mol. The Kier molecular flexibility index (Phi) is 4.84. The lowest BCUT2D eigenvalue weighted by molar-refractivity contribution is -0.121. The van der Waals surface area contributed by atoms with Gasteiger partial charge in [0.25, 0.3) is 0 Å². The van der Waals surface area contributed by atoms with Crippen molar-refractivity contribution in [3.8, 4) is 11.8 Å². The standard InChI is InChI=1S/C16H19NO/c18-16(13-15-9-4-5-10-15)17-12-6-11-14-7-2-1-3-8-14/h1-3,7-8,15H,4-5,9-10,12-13H2,(H,17,18). The topological polar surface area (TPSA) is 29.1 Å². The summed E-state index contributed by atoms with van der Waals surface area (Å²) < 4.78 is 0. The number of hydrogen-bond acceptors (Lipinski definition) is 1. The third-order valence-electron chi connectivity index (χ3n) is 3.33. The minimum absolute atomic E-state index is 0.143. The van der Waals surface area contributed by atoms with Gasteiger partial charge in [-0.1, -0.05) is 42.9 Å². The largest absolute Gasteiger partial charge is 0.345 e. The van der Waals surface area contributed by atoms with Crippen LogP contribution >= 0.6 is 0 Å². The highest BCUT2D eigenvalue weighted by atomic mass is 16.1. The molecule has 1 amide bonds. The average molecular weight is 241 g/mol. The first kappa shape index (κ1) is 12.7. The zero-order chi connectivity index (χ0) is 12.6. The van der Waals surface area contributed by atoms with Crippen LogP contribution in [-0.2, 0) is 4.79 Å². The first-order valence-corrected chi connectivity index (χ1v) is 6.65. The van der Waals surface area contributed by atoms with Crippen LogP contribution in [0.4, 0.5) is 0 Å². The SMILES string of the molecule is O=C(CC1CCCC1)NCC#Cc1ccccc1. The molecule has 0 aliphatic heterocycles. The van der Waals surface area contributed by atoms with Crippen molar-refractivity contribution in [3.05, 3.63) is 35.9 Å². The second-order valence-electron chi connectivity index (χ2n) is 4.80. The van der Waals surface area contributed by atoms with Gasteiger partial charge in [0.1, 0.15) is 0 Å². The maximum atomic E-state index is 11.6. The summed E-state index contributed by atoms with van der Waals surface area (Å²) in [6.45, 7) is 0.445. The predicted octanol–water partition coefficient (Wildman–Crippen LogP) is 2.73. The van der Waals surface area contributed by atoms with Gasteiger partial charge in [-0.3, -0.25) is 4.79 Å². The molecule has 0 unspecified atom stereocenters. The monoisotopic (exact) mass is 241 g/mol. The van der Waals surface area contributed by atoms with Gasteiger partial charge in [0, 0.05) is 12.0 Å². The minimum atomic E-state index is 0.143. The summed E-state index contributed by atoms with van der Waals surface area (Å²) in [5, 5.41) is 2.87. The van der Waals surface area contributed by atoms with E-state index in [9.17, 15) is 4.79 Å². The van der Waals surface area contributed by atoms with Crippen LogP contribution in [0.2, 0.25) is 0 Å². The van der Waals surface area contributed by atoms with E-state index in [-0.39, 0.29) is 5.91 Å². The molecule has 0 heterocycles. The van der Waals surface area contributed by atoms with E-state index >= 15 is 0 Å². The van der Waals surface area contributed by atoms with Crippen LogP contribution in [0.1, 0.15) is 37.7 Å². The van der Waals surface area contributed by atoms with E-state index in [2.05, 4.69) is 17.2 Å². The molecule has 1 aliphatic rings. The normalized spacial score (nSPS) is 14.9. The van der Waals surface area contributed by atoms with Gasteiger partial charge in [0.15, 0.2) is 0 Å². The summed E-state index contributed by atoms with van der Waals surface area (Å²) in [6, 6.07) is 9.82. The van der Waals surface area contributed by atoms with Crippen molar-refractivity contribution in [1.29, 1.82) is 0 Å². The summed E-state index contributed by atoms with van der Waals surface area (Å²) in [5.74, 6) is 6.75. The molecule has 94 valence electrons. The average Bonchev–Trinajstić information content (AvgIpc) is 2.89. The van der Waals surface area contributed by atoms with Crippen LogP contribution in [0, 0.1) is 17.8 Å². The van der Waals surface area contributed by atoms with E-state index in [1.165, 1.54) is 25.7 Å². The highest BCUT2D eigenvalue weighted by Gasteiger charge is 2.17. The number of carbonyl (C=O) groups is 1. The van der Waals surface area contributed by atoms with E-state index in [4.69, 9.17) is 0 Å². The summed E-state index contributed by atoms with van der Waals surface area (Å²) in [7, 11) is 0. The molecule has 1 fully saturated rings. The molecule has 2 rings (SSSR count). The zero-order valence-electron chi connectivity index (χ0n) is 10.6. The number of hydrogen-bond donors (Lipinski definition) is 1. The second-order valence-corrected chi connectivity index (χ2v) is 4.80. The van der Waals surface area contributed by atoms with Gasteiger partial charge in [0.2, 0.25) is 5.91 Å². The molecule has 0 aromatic heterocycles. The summed E-state index contributed by atoms with van der Waals surface area (Å²) in [5.41, 5.74) is 0.988. The van der Waals surface area contributed by atoms with Crippen LogP contribution in [0.25, 0.3) is 0 Å². The Bertz CT molecular complexity index is 435. The van der Waals surface area contributed by atoms with Gasteiger partial charge in [-0.25, -0.2) is 0 Å². The maximum Gasteiger partial charge on any atom is 0.221 e. The summed E-state index contributed by atoms with van der Waals surface area (Å²) in [6.07, 6.45) is 5.66. The Morgan fingerprint density at radius 3 is 2.67 bits per heavy atom. The number of rotatable bonds is 3. The van der Waals surface area contributed by atoms with Crippen molar-refractivity contribution in [2.75, 3.05) is 6.54 Å². The quantitative estimate of drug-likeness (QED) is 0.810. The Labute approximate surface area is 109 Å². The second kappa shape index (κ2) is 6.86. The van der Waals surface area contributed by atoms with Gasteiger partial charge in [0.05, 0.1) is 6.54 Å². The van der Waals surface area contributed by atoms with Crippen molar-refractivity contribution in [3.63, 3.8) is 0 Å². The van der Waals surface area contributed by atoms with Gasteiger partial charge >= 0.3 is 0 Å². The smallest absolute Gasteiger partial charge is 0.221 e. The number of benzene rings is 1. The van der Waals surface area contributed by atoms with Gasteiger partial charge in [-0.15, -0.1) is 0 Å². The van der Waals surface area contributed by atoms with Crippen molar-refractivity contribution >= 4 is 5.91 Å². The molecule has 0 spiro atoms. The Hall–Kier alpha value is -1.75. The van der Waals surface area contributed by atoms with Gasteiger partial charge in [-0.05, 0) is 30.9 Å². The van der Waals surface area contributed by atoms with E-state index in [1.807, 2.05) is 30.3 Å². The fourth-order valence-corrected chi connectivity index (χ4v) is 2.36. The molecule has 1 aliphatic carbocycles. The molecular formula is C16H19NO. The maximum absolute atomic E-state index is 11.6. The van der Waals surface area contributed by atoms with Gasteiger partial charge < -0.3 is 5.32 Å². The Balaban J connectivity index is 1.69. The fourth-order valence-electron chi connectivity index (χ4n) is 2.36. The molecule has 2 nitrogen and oxygen atoms in total. The van der Waals surface area contributed by atoms with E-state index in [1.54, 1.807) is 0 Å². The lowest BCUT2D eigenvalue weighted by Crippen LogP contribution is -2.25. The van der Waals surface area contributed by atoms with E-state index < -0.39 is 0 Å². The van der Waals surface area contributed by atoms with Crippen molar-refractivity contribution in [1.82, 2.24) is 5.32 Å². The lowest BCUT2D eigenvalue weighted by atomic mass is 10.0. The first-order valence-electron chi connectivity index (χ1n) is 6.65. The molecule has 0 saturated heterocycles. The third kappa shape index (κ3) is 4.25. The van der Waals surface area contributed by atoms with Gasteiger partial charge in [-0.2, -0.15) is 0 Å². The third-order valence-corrected chi connectivity index (χ3v) is 3.33. The lowest BCUT2D eigenvalue weighted by Gasteiger charge is -2.07. The number of nitrogens with one attached hydrogen (secondary N) is 1. The molecule has 1 aromatic rings. The molecule has 0 atom stereocenters.